The summed E-state index contributed by atoms with van der Waals surface area (Å²) in [4.78, 5) is 0. The van der Waals surface area contributed by atoms with E-state index in [1.807, 2.05) is 13.1 Å². The van der Waals surface area contributed by atoms with E-state index in [1.165, 1.54) is 18.9 Å². The van der Waals surface area contributed by atoms with Gasteiger partial charge >= 0.3 is 0 Å². The molecule has 0 saturated heterocycles. The first-order valence-corrected chi connectivity index (χ1v) is 6.06. The molecule has 0 bridgehead atoms. The molecule has 0 saturated carbocycles. The van der Waals surface area contributed by atoms with Crippen LogP contribution in [0.15, 0.2) is 24.3 Å². The van der Waals surface area contributed by atoms with Crippen LogP contribution in [0, 0.1) is 11.7 Å². The predicted octanol–water partition coefficient (Wildman–Crippen LogP) is 3.91. The summed E-state index contributed by atoms with van der Waals surface area (Å²) < 4.78 is 13.1. The zero-order valence-electron chi connectivity index (χ0n) is 10.5. The second-order valence-electron chi connectivity index (χ2n) is 4.72. The zero-order valence-corrected chi connectivity index (χ0v) is 10.5. The Kier molecular flexibility index (Phi) is 5.47. The first-order valence-electron chi connectivity index (χ1n) is 6.06. The summed E-state index contributed by atoms with van der Waals surface area (Å²) in [6.07, 6.45) is 3.48. The van der Waals surface area contributed by atoms with Crippen LogP contribution in [-0.4, -0.2) is 7.05 Å². The molecule has 0 heterocycles. The zero-order chi connectivity index (χ0) is 12.0. The lowest BCUT2D eigenvalue weighted by molar-refractivity contribution is 0.469. The molecule has 1 aromatic rings. The van der Waals surface area contributed by atoms with Crippen LogP contribution in [0.4, 0.5) is 4.39 Å². The molecule has 1 aromatic carbocycles. The minimum absolute atomic E-state index is 0.151. The van der Waals surface area contributed by atoms with E-state index >= 15 is 0 Å². The maximum atomic E-state index is 13.1. The Bertz CT molecular complexity index is 309. The van der Waals surface area contributed by atoms with Gasteiger partial charge in [-0.15, -0.1) is 0 Å². The molecule has 0 aliphatic heterocycles. The quantitative estimate of drug-likeness (QED) is 0.771. The van der Waals surface area contributed by atoms with E-state index in [0.717, 1.165) is 17.9 Å². The third-order valence-electron chi connectivity index (χ3n) is 2.87. The van der Waals surface area contributed by atoms with Crippen LogP contribution in [0.2, 0.25) is 0 Å². The van der Waals surface area contributed by atoms with Gasteiger partial charge in [-0.05, 0) is 37.1 Å². The summed E-state index contributed by atoms with van der Waals surface area (Å²) in [6, 6.07) is 7.15. The molecule has 1 nitrogen and oxygen atoms in total. The molecule has 0 aliphatic carbocycles. The highest BCUT2D eigenvalue weighted by atomic mass is 19.1. The van der Waals surface area contributed by atoms with Gasteiger partial charge in [-0.3, -0.25) is 0 Å². The average Bonchev–Trinajstić information content (AvgIpc) is 2.24. The summed E-state index contributed by atoms with van der Waals surface area (Å²) in [6.45, 7) is 4.47. The van der Waals surface area contributed by atoms with Crippen LogP contribution in [0.25, 0.3) is 0 Å². The monoisotopic (exact) mass is 223 g/mol. The number of benzene rings is 1. The molecule has 1 rings (SSSR count). The summed E-state index contributed by atoms with van der Waals surface area (Å²) in [7, 11) is 1.94. The first kappa shape index (κ1) is 13.2. The fraction of sp³-hybridized carbons (Fsp3) is 0.571. The normalized spacial score (nSPS) is 13.1. The van der Waals surface area contributed by atoms with Crippen molar-refractivity contribution in [1.29, 1.82) is 0 Å². The predicted molar refractivity (Wildman–Crippen MR) is 66.9 cm³/mol. The summed E-state index contributed by atoms with van der Waals surface area (Å²) in [5.74, 6) is 0.589. The Morgan fingerprint density at radius 2 is 2.00 bits per heavy atom. The van der Waals surface area contributed by atoms with Gasteiger partial charge in [0.05, 0.1) is 0 Å². The van der Waals surface area contributed by atoms with E-state index in [4.69, 9.17) is 0 Å². The van der Waals surface area contributed by atoms with Gasteiger partial charge in [0, 0.05) is 6.04 Å². The highest BCUT2D eigenvalue weighted by Crippen LogP contribution is 2.21. The topological polar surface area (TPSA) is 12.0 Å². The van der Waals surface area contributed by atoms with Gasteiger partial charge in [0.25, 0.3) is 0 Å². The number of halogens is 1. The molecule has 0 radical (unpaired) electrons. The number of rotatable bonds is 6. The fourth-order valence-electron chi connectivity index (χ4n) is 1.93. The molecule has 0 aliphatic rings. The lowest BCUT2D eigenvalue weighted by Gasteiger charge is -2.17. The van der Waals surface area contributed by atoms with Gasteiger partial charge in [-0.25, -0.2) is 4.39 Å². The molecule has 2 heteroatoms. The highest BCUT2D eigenvalue weighted by Gasteiger charge is 2.09. The maximum Gasteiger partial charge on any atom is 0.123 e. The Morgan fingerprint density at radius 3 is 2.56 bits per heavy atom. The standard InChI is InChI=1S/C14H22FN/c1-11(2)6-4-9-14(16-3)12-7-5-8-13(15)10-12/h5,7-8,10-11,14,16H,4,6,9H2,1-3H3. The van der Waals surface area contributed by atoms with E-state index in [2.05, 4.69) is 19.2 Å². The molecule has 1 N–H and O–H groups in total. The minimum Gasteiger partial charge on any atom is -0.313 e. The van der Waals surface area contributed by atoms with Crippen molar-refractivity contribution in [3.05, 3.63) is 35.6 Å². The Balaban J connectivity index is 2.53. The van der Waals surface area contributed by atoms with Gasteiger partial charge in [0.2, 0.25) is 0 Å². The van der Waals surface area contributed by atoms with Crippen LogP contribution in [0.3, 0.4) is 0 Å². The van der Waals surface area contributed by atoms with Crippen molar-refractivity contribution in [1.82, 2.24) is 5.32 Å². The Hall–Kier alpha value is -0.890. The molecular weight excluding hydrogens is 201 g/mol. The molecule has 0 amide bonds. The van der Waals surface area contributed by atoms with Crippen molar-refractivity contribution in [3.63, 3.8) is 0 Å². The van der Waals surface area contributed by atoms with Crippen LogP contribution in [0.1, 0.15) is 44.7 Å². The smallest absolute Gasteiger partial charge is 0.123 e. The third-order valence-corrected chi connectivity index (χ3v) is 2.87. The van der Waals surface area contributed by atoms with Crippen molar-refractivity contribution < 1.29 is 4.39 Å². The molecule has 90 valence electrons. The summed E-state index contributed by atoms with van der Waals surface area (Å²) in [5, 5.41) is 3.25. The number of hydrogen-bond donors (Lipinski definition) is 1. The molecule has 1 atom stereocenters. The van der Waals surface area contributed by atoms with Crippen molar-refractivity contribution in [2.24, 2.45) is 5.92 Å². The van der Waals surface area contributed by atoms with Crippen LogP contribution < -0.4 is 5.32 Å². The summed E-state index contributed by atoms with van der Waals surface area (Å²) in [5.41, 5.74) is 1.05. The third kappa shape index (κ3) is 4.31. The molecule has 0 spiro atoms. The van der Waals surface area contributed by atoms with Gasteiger partial charge < -0.3 is 5.32 Å². The van der Waals surface area contributed by atoms with E-state index < -0.39 is 0 Å². The lowest BCUT2D eigenvalue weighted by Crippen LogP contribution is -2.16. The van der Waals surface area contributed by atoms with E-state index in [-0.39, 0.29) is 11.9 Å². The van der Waals surface area contributed by atoms with Gasteiger partial charge in [0.15, 0.2) is 0 Å². The van der Waals surface area contributed by atoms with E-state index in [9.17, 15) is 4.39 Å². The minimum atomic E-state index is -0.151. The molecule has 1 unspecified atom stereocenters. The van der Waals surface area contributed by atoms with Gasteiger partial charge in [-0.1, -0.05) is 38.8 Å². The van der Waals surface area contributed by atoms with Crippen LogP contribution >= 0.6 is 0 Å². The maximum absolute atomic E-state index is 13.1. The van der Waals surface area contributed by atoms with Crippen LogP contribution in [-0.2, 0) is 0 Å². The van der Waals surface area contributed by atoms with E-state index in [1.54, 1.807) is 12.1 Å². The van der Waals surface area contributed by atoms with Crippen molar-refractivity contribution >= 4 is 0 Å². The largest absolute Gasteiger partial charge is 0.313 e. The summed E-state index contributed by atoms with van der Waals surface area (Å²) >= 11 is 0. The van der Waals surface area contributed by atoms with E-state index in [0.29, 0.717) is 0 Å². The molecule has 0 aromatic heterocycles. The van der Waals surface area contributed by atoms with Crippen molar-refractivity contribution in [3.8, 4) is 0 Å². The van der Waals surface area contributed by atoms with Gasteiger partial charge in [-0.2, -0.15) is 0 Å². The Morgan fingerprint density at radius 1 is 1.25 bits per heavy atom. The van der Waals surface area contributed by atoms with Crippen LogP contribution in [0.5, 0.6) is 0 Å². The fourth-order valence-corrected chi connectivity index (χ4v) is 1.93. The second-order valence-corrected chi connectivity index (χ2v) is 4.72. The second kappa shape index (κ2) is 6.64. The molecule has 16 heavy (non-hydrogen) atoms. The Labute approximate surface area is 98.1 Å². The lowest BCUT2D eigenvalue weighted by atomic mass is 9.98. The van der Waals surface area contributed by atoms with Crippen molar-refractivity contribution in [2.45, 2.75) is 39.2 Å². The molecular formula is C14H22FN. The number of hydrogen-bond acceptors (Lipinski definition) is 1. The highest BCUT2D eigenvalue weighted by molar-refractivity contribution is 5.19. The average molecular weight is 223 g/mol. The first-order chi connectivity index (χ1) is 7.63. The SMILES string of the molecule is CNC(CCCC(C)C)c1cccc(F)c1. The number of nitrogens with one attached hydrogen (secondary N) is 1. The van der Waals surface area contributed by atoms with Gasteiger partial charge in [0.1, 0.15) is 5.82 Å². The van der Waals surface area contributed by atoms with Crippen molar-refractivity contribution in [2.75, 3.05) is 7.05 Å². The molecule has 0 fully saturated rings.